The lowest BCUT2D eigenvalue weighted by Crippen LogP contribution is -2.41. The molecule has 1 aliphatic heterocycles. The highest BCUT2D eigenvalue weighted by molar-refractivity contribution is 7.91. The minimum Gasteiger partial charge on any atom is -0.463 e. The lowest BCUT2D eigenvalue weighted by atomic mass is 10.5. The molecule has 1 aromatic rings. The van der Waals surface area contributed by atoms with Gasteiger partial charge in [-0.05, 0) is 13.3 Å². The van der Waals surface area contributed by atoms with Gasteiger partial charge in [0.25, 0.3) is 0 Å². The van der Waals surface area contributed by atoms with Crippen LogP contribution in [0.15, 0.2) is 0 Å². The second-order valence-corrected chi connectivity index (χ2v) is 7.06. The maximum Gasteiger partial charge on any atom is 0.323 e. The molecule has 0 bridgehead atoms. The summed E-state index contributed by atoms with van der Waals surface area (Å²) in [5, 5.41) is 3.03. The summed E-state index contributed by atoms with van der Waals surface area (Å²) in [6.45, 7) is 5.96. The Morgan fingerprint density at radius 3 is 2.52 bits per heavy atom. The highest BCUT2D eigenvalue weighted by atomic mass is 32.2. The van der Waals surface area contributed by atoms with Crippen LogP contribution in [0.1, 0.15) is 20.3 Å². The molecule has 0 unspecified atom stereocenters. The minimum absolute atomic E-state index is 0.125. The Labute approximate surface area is 124 Å². The molecule has 1 N–H and O–H groups in total. The van der Waals surface area contributed by atoms with Crippen molar-refractivity contribution in [1.29, 1.82) is 0 Å². The first-order valence-corrected chi connectivity index (χ1v) is 8.94. The minimum atomic E-state index is -2.93. The van der Waals surface area contributed by atoms with E-state index in [2.05, 4.69) is 20.3 Å². The molecule has 118 valence electrons. The van der Waals surface area contributed by atoms with Crippen molar-refractivity contribution in [3.63, 3.8) is 0 Å². The van der Waals surface area contributed by atoms with E-state index < -0.39 is 9.84 Å². The van der Waals surface area contributed by atoms with Crippen LogP contribution in [-0.2, 0) is 9.84 Å². The van der Waals surface area contributed by atoms with E-state index in [4.69, 9.17) is 4.74 Å². The van der Waals surface area contributed by atoms with Gasteiger partial charge in [0.15, 0.2) is 9.84 Å². The van der Waals surface area contributed by atoms with Crippen LogP contribution in [0.3, 0.4) is 0 Å². The fourth-order valence-corrected chi connectivity index (χ4v) is 3.10. The van der Waals surface area contributed by atoms with Gasteiger partial charge in [-0.2, -0.15) is 15.0 Å². The Morgan fingerprint density at radius 2 is 1.90 bits per heavy atom. The van der Waals surface area contributed by atoms with Crippen molar-refractivity contribution >= 4 is 21.7 Å². The molecular weight excluding hydrogens is 294 g/mol. The molecule has 0 atom stereocenters. The van der Waals surface area contributed by atoms with Crippen molar-refractivity contribution in [2.24, 2.45) is 0 Å². The van der Waals surface area contributed by atoms with Gasteiger partial charge in [-0.1, -0.05) is 6.92 Å². The van der Waals surface area contributed by atoms with Crippen LogP contribution in [0.25, 0.3) is 0 Å². The highest BCUT2D eigenvalue weighted by Gasteiger charge is 2.24. The SMILES string of the molecule is CCCOc1nc(NCC)nc(N2CCS(=O)(=O)CC2)n1. The predicted octanol–water partition coefficient (Wildman–Crippen LogP) is 0.327. The van der Waals surface area contributed by atoms with E-state index in [-0.39, 0.29) is 17.5 Å². The standard InChI is InChI=1S/C12H21N5O3S/c1-3-7-20-12-15-10(13-4-2)14-11(16-12)17-5-8-21(18,19)9-6-17/h3-9H2,1-2H3,(H,13,14,15,16). The summed E-state index contributed by atoms with van der Waals surface area (Å²) in [7, 11) is -2.93. The quantitative estimate of drug-likeness (QED) is 0.802. The van der Waals surface area contributed by atoms with Crippen LogP contribution in [0, 0.1) is 0 Å². The Morgan fingerprint density at radius 1 is 1.19 bits per heavy atom. The maximum atomic E-state index is 11.5. The van der Waals surface area contributed by atoms with Crippen molar-refractivity contribution in [1.82, 2.24) is 15.0 Å². The number of nitrogens with one attached hydrogen (secondary N) is 1. The van der Waals surface area contributed by atoms with Crippen LogP contribution in [0.5, 0.6) is 6.01 Å². The van der Waals surface area contributed by atoms with Crippen LogP contribution >= 0.6 is 0 Å². The van der Waals surface area contributed by atoms with Crippen LogP contribution < -0.4 is 15.0 Å². The van der Waals surface area contributed by atoms with Crippen molar-refractivity contribution in [2.75, 3.05) is 48.0 Å². The van der Waals surface area contributed by atoms with Gasteiger partial charge in [0.1, 0.15) is 0 Å². The molecule has 0 spiro atoms. The summed E-state index contributed by atoms with van der Waals surface area (Å²) in [4.78, 5) is 14.6. The Balaban J connectivity index is 2.19. The van der Waals surface area contributed by atoms with Crippen molar-refractivity contribution in [3.8, 4) is 6.01 Å². The molecule has 0 aliphatic carbocycles. The largest absolute Gasteiger partial charge is 0.463 e. The summed E-state index contributed by atoms with van der Waals surface area (Å²) >= 11 is 0. The summed E-state index contributed by atoms with van der Waals surface area (Å²) in [5.74, 6) is 1.16. The Hall–Kier alpha value is -1.64. The molecule has 1 saturated heterocycles. The molecule has 1 aliphatic rings. The van der Waals surface area contributed by atoms with E-state index in [1.165, 1.54) is 0 Å². The molecule has 1 aromatic heterocycles. The van der Waals surface area contributed by atoms with Gasteiger partial charge in [-0.15, -0.1) is 0 Å². The van der Waals surface area contributed by atoms with Gasteiger partial charge in [-0.25, -0.2) is 8.42 Å². The third kappa shape index (κ3) is 4.42. The number of hydrogen-bond donors (Lipinski definition) is 1. The topological polar surface area (TPSA) is 97.3 Å². The Kier molecular flexibility index (Phi) is 5.16. The number of rotatable bonds is 6. The van der Waals surface area contributed by atoms with Gasteiger partial charge in [0.2, 0.25) is 11.9 Å². The molecule has 0 aromatic carbocycles. The first-order chi connectivity index (χ1) is 10.0. The van der Waals surface area contributed by atoms with E-state index in [9.17, 15) is 8.42 Å². The fourth-order valence-electron chi connectivity index (χ4n) is 1.89. The molecule has 8 nitrogen and oxygen atoms in total. The summed E-state index contributed by atoms with van der Waals surface area (Å²) < 4.78 is 28.4. The van der Waals surface area contributed by atoms with E-state index in [0.717, 1.165) is 6.42 Å². The number of ether oxygens (including phenoxy) is 1. The zero-order valence-corrected chi connectivity index (χ0v) is 13.2. The lowest BCUT2D eigenvalue weighted by molar-refractivity contribution is 0.292. The molecule has 2 heterocycles. The van der Waals surface area contributed by atoms with Gasteiger partial charge in [-0.3, -0.25) is 0 Å². The lowest BCUT2D eigenvalue weighted by Gasteiger charge is -2.26. The van der Waals surface area contributed by atoms with Crippen molar-refractivity contribution in [3.05, 3.63) is 0 Å². The van der Waals surface area contributed by atoms with Gasteiger partial charge in [0.05, 0.1) is 18.1 Å². The average molecular weight is 315 g/mol. The second-order valence-electron chi connectivity index (χ2n) is 4.76. The first kappa shape index (κ1) is 15.7. The predicted molar refractivity (Wildman–Crippen MR) is 80.6 cm³/mol. The number of hydrogen-bond acceptors (Lipinski definition) is 8. The third-order valence-corrected chi connectivity index (χ3v) is 4.61. The summed E-state index contributed by atoms with van der Waals surface area (Å²) in [6.07, 6.45) is 0.861. The highest BCUT2D eigenvalue weighted by Crippen LogP contribution is 2.17. The zero-order valence-electron chi connectivity index (χ0n) is 12.4. The smallest absolute Gasteiger partial charge is 0.323 e. The van der Waals surface area contributed by atoms with Crippen LogP contribution in [0.4, 0.5) is 11.9 Å². The van der Waals surface area contributed by atoms with E-state index in [1.807, 2.05) is 18.7 Å². The third-order valence-electron chi connectivity index (χ3n) is 3.00. The van der Waals surface area contributed by atoms with E-state index in [0.29, 0.717) is 38.1 Å². The number of nitrogens with zero attached hydrogens (tertiary/aromatic N) is 4. The van der Waals surface area contributed by atoms with E-state index >= 15 is 0 Å². The second kappa shape index (κ2) is 6.88. The van der Waals surface area contributed by atoms with Gasteiger partial charge in [0, 0.05) is 19.6 Å². The molecule has 1 fully saturated rings. The first-order valence-electron chi connectivity index (χ1n) is 7.12. The van der Waals surface area contributed by atoms with E-state index in [1.54, 1.807) is 0 Å². The molecule has 0 amide bonds. The molecule has 21 heavy (non-hydrogen) atoms. The molecular formula is C12H21N5O3S. The summed E-state index contributed by atoms with van der Waals surface area (Å²) in [6, 6.07) is 0.270. The number of sulfone groups is 1. The zero-order chi connectivity index (χ0) is 15.3. The maximum absolute atomic E-state index is 11.5. The number of anilines is 2. The van der Waals surface area contributed by atoms with Gasteiger partial charge < -0.3 is 15.0 Å². The monoisotopic (exact) mass is 315 g/mol. The molecule has 0 saturated carbocycles. The Bertz CT molecular complexity index is 564. The van der Waals surface area contributed by atoms with Crippen molar-refractivity contribution in [2.45, 2.75) is 20.3 Å². The molecule has 2 rings (SSSR count). The van der Waals surface area contributed by atoms with Crippen LogP contribution in [-0.4, -0.2) is 61.1 Å². The van der Waals surface area contributed by atoms with Gasteiger partial charge >= 0.3 is 6.01 Å². The fraction of sp³-hybridized carbons (Fsp3) is 0.750. The normalized spacial score (nSPS) is 17.5. The number of aromatic nitrogens is 3. The molecule has 9 heteroatoms. The van der Waals surface area contributed by atoms with Crippen LogP contribution in [0.2, 0.25) is 0 Å². The van der Waals surface area contributed by atoms with Crippen molar-refractivity contribution < 1.29 is 13.2 Å². The molecule has 0 radical (unpaired) electrons. The average Bonchev–Trinajstić information content (AvgIpc) is 2.45. The summed E-state index contributed by atoms with van der Waals surface area (Å²) in [5.41, 5.74) is 0.